The van der Waals surface area contributed by atoms with Gasteiger partial charge in [0, 0.05) is 18.9 Å². The van der Waals surface area contributed by atoms with Crippen molar-refractivity contribution in [2.45, 2.75) is 58.2 Å². The lowest BCUT2D eigenvalue weighted by Gasteiger charge is -2.51. The van der Waals surface area contributed by atoms with Gasteiger partial charge in [-0.3, -0.25) is 4.68 Å². The molecule has 4 nitrogen and oxygen atoms in total. The summed E-state index contributed by atoms with van der Waals surface area (Å²) in [5.41, 5.74) is 2.06. The van der Waals surface area contributed by atoms with Crippen LogP contribution in [0.4, 0.5) is 0 Å². The second-order valence-corrected chi connectivity index (χ2v) is 5.92. The third kappa shape index (κ3) is 1.51. The van der Waals surface area contributed by atoms with E-state index >= 15 is 0 Å². The molecule has 0 aromatic carbocycles. The van der Waals surface area contributed by atoms with E-state index in [0.29, 0.717) is 0 Å². The van der Waals surface area contributed by atoms with Crippen molar-refractivity contribution in [3.05, 3.63) is 11.4 Å². The molecule has 1 aromatic rings. The summed E-state index contributed by atoms with van der Waals surface area (Å²) in [4.78, 5) is 0. The van der Waals surface area contributed by atoms with Crippen LogP contribution in [0.25, 0.3) is 0 Å². The lowest BCUT2D eigenvalue weighted by atomic mass is 9.62. The summed E-state index contributed by atoms with van der Waals surface area (Å²) in [6.07, 6.45) is 5.45. The predicted octanol–water partition coefficient (Wildman–Crippen LogP) is 2.11. The van der Waals surface area contributed by atoms with Gasteiger partial charge in [-0.05, 0) is 26.7 Å². The monoisotopic (exact) mass is 250 g/mol. The lowest BCUT2D eigenvalue weighted by molar-refractivity contribution is -0.152. The molecule has 2 atom stereocenters. The zero-order valence-corrected chi connectivity index (χ0v) is 11.4. The molecule has 1 heterocycles. The van der Waals surface area contributed by atoms with Gasteiger partial charge >= 0.3 is 0 Å². The minimum atomic E-state index is -0.165. The van der Waals surface area contributed by atoms with Gasteiger partial charge in [-0.1, -0.05) is 12.8 Å². The average Bonchev–Trinajstić information content (AvgIpc) is 2.92. The number of aromatic nitrogens is 2. The van der Waals surface area contributed by atoms with E-state index in [4.69, 9.17) is 4.74 Å². The molecule has 0 aliphatic heterocycles. The number of hydrogen-bond acceptors (Lipinski definition) is 3. The average molecular weight is 250 g/mol. The summed E-state index contributed by atoms with van der Waals surface area (Å²) in [7, 11) is 1.94. The maximum atomic E-state index is 10.1. The number of nitrogens with zero attached hydrogens (tertiary/aromatic N) is 2. The number of ether oxygens (including phenoxy) is 1. The quantitative estimate of drug-likeness (QED) is 0.874. The molecule has 0 radical (unpaired) electrons. The molecule has 1 N–H and O–H groups in total. The Morgan fingerprint density at radius 1 is 1.33 bits per heavy atom. The third-order valence-corrected chi connectivity index (χ3v) is 4.98. The summed E-state index contributed by atoms with van der Waals surface area (Å²) in [6.45, 7) is 4.02. The van der Waals surface area contributed by atoms with Crippen LogP contribution in [0.1, 0.15) is 43.5 Å². The Labute approximate surface area is 108 Å². The topological polar surface area (TPSA) is 47.3 Å². The lowest BCUT2D eigenvalue weighted by Crippen LogP contribution is -2.58. The van der Waals surface area contributed by atoms with Gasteiger partial charge in [0.2, 0.25) is 0 Å². The molecule has 1 aromatic heterocycles. The first-order chi connectivity index (χ1) is 8.54. The van der Waals surface area contributed by atoms with Crippen molar-refractivity contribution >= 4 is 0 Å². The summed E-state index contributed by atoms with van der Waals surface area (Å²) < 4.78 is 8.06. The Kier molecular flexibility index (Phi) is 2.66. The summed E-state index contributed by atoms with van der Waals surface area (Å²) in [5.74, 6) is 0.917. The van der Waals surface area contributed by atoms with Gasteiger partial charge in [0.05, 0.1) is 11.8 Å². The number of aryl methyl sites for hydroxylation is 2. The van der Waals surface area contributed by atoms with Gasteiger partial charge < -0.3 is 9.84 Å². The van der Waals surface area contributed by atoms with Crippen LogP contribution >= 0.6 is 0 Å². The standard InChI is InChI=1S/C14H22N2O2/c1-9-13(10(2)16(3)15-9)18-12-8-11(17)14(12)6-4-5-7-14/h11-12,17H,4-8H2,1-3H3. The van der Waals surface area contributed by atoms with Crippen LogP contribution in [-0.2, 0) is 7.05 Å². The normalized spacial score (nSPS) is 29.6. The fourth-order valence-corrected chi connectivity index (χ4v) is 3.65. The molecule has 4 heteroatoms. The first kappa shape index (κ1) is 12.0. The molecule has 1 spiro atoms. The Morgan fingerprint density at radius 2 is 2.00 bits per heavy atom. The molecule has 0 amide bonds. The fraction of sp³-hybridized carbons (Fsp3) is 0.786. The van der Waals surface area contributed by atoms with E-state index in [2.05, 4.69) is 5.10 Å². The van der Waals surface area contributed by atoms with Crippen LogP contribution in [0.2, 0.25) is 0 Å². The van der Waals surface area contributed by atoms with Crippen molar-refractivity contribution in [3.63, 3.8) is 0 Å². The van der Waals surface area contributed by atoms with Crippen LogP contribution < -0.4 is 4.74 Å². The highest BCUT2D eigenvalue weighted by Crippen LogP contribution is 2.54. The van der Waals surface area contributed by atoms with Gasteiger partial charge in [-0.25, -0.2) is 0 Å². The van der Waals surface area contributed by atoms with E-state index in [-0.39, 0.29) is 17.6 Å². The Morgan fingerprint density at radius 3 is 2.50 bits per heavy atom. The van der Waals surface area contributed by atoms with Crippen LogP contribution in [-0.4, -0.2) is 27.1 Å². The van der Waals surface area contributed by atoms with E-state index in [0.717, 1.165) is 36.4 Å². The van der Waals surface area contributed by atoms with Crippen molar-refractivity contribution in [2.75, 3.05) is 0 Å². The van der Waals surface area contributed by atoms with Crippen molar-refractivity contribution < 1.29 is 9.84 Å². The number of rotatable bonds is 2. The minimum absolute atomic E-state index is 0.0364. The van der Waals surface area contributed by atoms with Crippen LogP contribution in [0, 0.1) is 19.3 Å². The van der Waals surface area contributed by atoms with E-state index in [1.54, 1.807) is 0 Å². The highest BCUT2D eigenvalue weighted by molar-refractivity contribution is 5.32. The Bertz CT molecular complexity index is 461. The van der Waals surface area contributed by atoms with E-state index in [9.17, 15) is 5.11 Å². The van der Waals surface area contributed by atoms with Gasteiger partial charge in [-0.2, -0.15) is 5.10 Å². The van der Waals surface area contributed by atoms with Crippen molar-refractivity contribution in [1.29, 1.82) is 0 Å². The van der Waals surface area contributed by atoms with Crippen LogP contribution in [0.15, 0.2) is 0 Å². The summed E-state index contributed by atoms with van der Waals surface area (Å²) in [5, 5.41) is 14.5. The Balaban J connectivity index is 1.81. The third-order valence-electron chi connectivity index (χ3n) is 4.98. The molecule has 0 saturated heterocycles. The smallest absolute Gasteiger partial charge is 0.163 e. The summed E-state index contributed by atoms with van der Waals surface area (Å²) in [6, 6.07) is 0. The van der Waals surface area contributed by atoms with Gasteiger partial charge in [0.15, 0.2) is 5.75 Å². The maximum Gasteiger partial charge on any atom is 0.163 e. The van der Waals surface area contributed by atoms with E-state index in [1.807, 2.05) is 25.6 Å². The van der Waals surface area contributed by atoms with Crippen LogP contribution in [0.5, 0.6) is 5.75 Å². The largest absolute Gasteiger partial charge is 0.486 e. The van der Waals surface area contributed by atoms with Crippen molar-refractivity contribution in [3.8, 4) is 5.75 Å². The molecular weight excluding hydrogens is 228 g/mol. The van der Waals surface area contributed by atoms with E-state index < -0.39 is 0 Å². The molecule has 3 rings (SSSR count). The molecule has 2 aliphatic carbocycles. The first-order valence-corrected chi connectivity index (χ1v) is 6.89. The molecule has 2 saturated carbocycles. The molecular formula is C14H22N2O2. The molecule has 100 valence electrons. The summed E-state index contributed by atoms with van der Waals surface area (Å²) >= 11 is 0. The maximum absolute atomic E-state index is 10.1. The van der Waals surface area contributed by atoms with E-state index in [1.165, 1.54) is 12.8 Å². The molecule has 2 unspecified atom stereocenters. The Hall–Kier alpha value is -1.03. The zero-order chi connectivity index (χ0) is 12.9. The minimum Gasteiger partial charge on any atom is -0.486 e. The zero-order valence-electron chi connectivity index (χ0n) is 11.4. The predicted molar refractivity (Wildman–Crippen MR) is 68.6 cm³/mol. The second kappa shape index (κ2) is 3.98. The second-order valence-electron chi connectivity index (χ2n) is 5.92. The van der Waals surface area contributed by atoms with Crippen molar-refractivity contribution in [2.24, 2.45) is 12.5 Å². The first-order valence-electron chi connectivity index (χ1n) is 6.89. The molecule has 18 heavy (non-hydrogen) atoms. The fourth-order valence-electron chi connectivity index (χ4n) is 3.65. The van der Waals surface area contributed by atoms with Crippen molar-refractivity contribution in [1.82, 2.24) is 9.78 Å². The highest BCUT2D eigenvalue weighted by atomic mass is 16.5. The number of aliphatic hydroxyl groups is 1. The number of aliphatic hydroxyl groups excluding tert-OH is 1. The van der Waals surface area contributed by atoms with Gasteiger partial charge in [0.1, 0.15) is 11.8 Å². The number of hydrogen-bond donors (Lipinski definition) is 1. The molecule has 2 fully saturated rings. The van der Waals surface area contributed by atoms with Crippen LogP contribution in [0.3, 0.4) is 0 Å². The molecule has 0 bridgehead atoms. The molecule has 2 aliphatic rings. The van der Waals surface area contributed by atoms with Gasteiger partial charge in [0.25, 0.3) is 0 Å². The SMILES string of the molecule is Cc1nn(C)c(C)c1OC1CC(O)C12CCCC2. The van der Waals surface area contributed by atoms with Gasteiger partial charge in [-0.15, -0.1) is 0 Å². The highest BCUT2D eigenvalue weighted by Gasteiger charge is 2.57.